The molecule has 0 aliphatic carbocycles. The van der Waals surface area contributed by atoms with Crippen molar-refractivity contribution in [2.24, 2.45) is 10.8 Å². The number of aliphatic hydroxyl groups excluding tert-OH is 5. The number of alkyl halides is 3. The molecule has 0 radical (unpaired) electrons. The van der Waals surface area contributed by atoms with Crippen LogP contribution in [-0.4, -0.2) is 60.7 Å². The van der Waals surface area contributed by atoms with Crippen molar-refractivity contribution >= 4 is 47.8 Å². The van der Waals surface area contributed by atoms with E-state index in [2.05, 4.69) is 47.8 Å². The summed E-state index contributed by atoms with van der Waals surface area (Å²) in [6, 6.07) is 0. The molecule has 0 aromatic carbocycles. The molecule has 0 heterocycles. The molecule has 0 spiro atoms. The molecular formula is C10H21Br3O5. The summed E-state index contributed by atoms with van der Waals surface area (Å²) in [7, 11) is 0. The van der Waals surface area contributed by atoms with Crippen LogP contribution in [0.2, 0.25) is 0 Å². The van der Waals surface area contributed by atoms with E-state index >= 15 is 0 Å². The molecule has 5 N–H and O–H groups in total. The van der Waals surface area contributed by atoms with Crippen molar-refractivity contribution in [2.45, 2.75) is 23.9 Å². The molecule has 112 valence electrons. The van der Waals surface area contributed by atoms with Crippen LogP contribution in [0.1, 0.15) is 13.8 Å². The first-order valence-electron chi connectivity index (χ1n) is 5.16. The Morgan fingerprint density at radius 1 is 0.889 bits per heavy atom. The van der Waals surface area contributed by atoms with Gasteiger partial charge in [-0.25, -0.2) is 0 Å². The molecule has 0 rings (SSSR count). The number of hydrogen-bond acceptors (Lipinski definition) is 5. The van der Waals surface area contributed by atoms with Crippen LogP contribution < -0.4 is 0 Å². The summed E-state index contributed by atoms with van der Waals surface area (Å²) in [5.41, 5.74) is -1.31. The lowest BCUT2D eigenvalue weighted by atomic mass is 9.95. The summed E-state index contributed by atoms with van der Waals surface area (Å²) >= 11 is 9.00. The largest absolute Gasteiger partial charge is 0.396 e. The first-order chi connectivity index (χ1) is 8.13. The van der Waals surface area contributed by atoms with Crippen molar-refractivity contribution in [2.75, 3.05) is 25.2 Å². The van der Waals surface area contributed by atoms with E-state index in [-0.39, 0.29) is 19.8 Å². The SMILES string of the molecule is CC(C)(C(O)Br)C(O)Br.OCC(CO)(CO)CBr. The maximum absolute atomic E-state index is 8.98. The Morgan fingerprint density at radius 2 is 1.17 bits per heavy atom. The van der Waals surface area contributed by atoms with Crippen LogP contribution in [0.3, 0.4) is 0 Å². The second kappa shape index (κ2) is 10.0. The van der Waals surface area contributed by atoms with Crippen LogP contribution in [0.25, 0.3) is 0 Å². The van der Waals surface area contributed by atoms with Crippen molar-refractivity contribution in [3.8, 4) is 0 Å². The summed E-state index contributed by atoms with van der Waals surface area (Å²) in [4.78, 5) is 0. The maximum atomic E-state index is 8.98. The number of hydrogen-bond donors (Lipinski definition) is 5. The van der Waals surface area contributed by atoms with Gasteiger partial charge in [0.1, 0.15) is 10.0 Å². The Hall–Kier alpha value is 1.24. The Labute approximate surface area is 133 Å². The van der Waals surface area contributed by atoms with E-state index in [1.807, 2.05) is 0 Å². The summed E-state index contributed by atoms with van der Waals surface area (Å²) in [5.74, 6) is 0. The van der Waals surface area contributed by atoms with Crippen molar-refractivity contribution in [3.05, 3.63) is 0 Å². The Balaban J connectivity index is 0. The highest BCUT2D eigenvalue weighted by Crippen LogP contribution is 2.31. The lowest BCUT2D eigenvalue weighted by molar-refractivity contribution is 0.0246. The molecule has 18 heavy (non-hydrogen) atoms. The van der Waals surface area contributed by atoms with E-state index in [1.54, 1.807) is 13.8 Å². The highest BCUT2D eigenvalue weighted by Gasteiger charge is 2.32. The summed E-state index contributed by atoms with van der Waals surface area (Å²) in [5, 5.41) is 42.9. The average molecular weight is 461 g/mol. The minimum Gasteiger partial charge on any atom is -0.396 e. The van der Waals surface area contributed by atoms with Gasteiger partial charge >= 0.3 is 0 Å². The zero-order valence-corrected chi connectivity index (χ0v) is 15.1. The van der Waals surface area contributed by atoms with Crippen LogP contribution in [-0.2, 0) is 0 Å². The zero-order valence-electron chi connectivity index (χ0n) is 10.4. The van der Waals surface area contributed by atoms with Gasteiger partial charge in [-0.3, -0.25) is 0 Å². The van der Waals surface area contributed by atoms with Crippen molar-refractivity contribution in [1.29, 1.82) is 0 Å². The smallest absolute Gasteiger partial charge is 0.117 e. The summed E-state index contributed by atoms with van der Waals surface area (Å²) < 4.78 is 0. The molecule has 2 unspecified atom stereocenters. The van der Waals surface area contributed by atoms with Crippen LogP contribution in [0, 0.1) is 10.8 Å². The molecule has 0 fully saturated rings. The van der Waals surface area contributed by atoms with Crippen molar-refractivity contribution in [1.82, 2.24) is 0 Å². The standard InChI is InChI=1S/C5H10Br2O2.C5H11BrO3/c1-5(2,3(6)8)4(7)9;6-1-5(2-7,3-8)4-9/h3-4,8-9H,1-2H3;7-9H,1-4H2. The topological polar surface area (TPSA) is 101 Å². The molecule has 0 saturated heterocycles. The van der Waals surface area contributed by atoms with E-state index < -0.39 is 20.9 Å². The van der Waals surface area contributed by atoms with E-state index in [0.717, 1.165) is 0 Å². The quantitative estimate of drug-likeness (QED) is 0.377. The number of rotatable bonds is 6. The predicted molar refractivity (Wildman–Crippen MR) is 81.1 cm³/mol. The van der Waals surface area contributed by atoms with Crippen LogP contribution in [0.15, 0.2) is 0 Å². The molecule has 0 bridgehead atoms. The monoisotopic (exact) mass is 458 g/mol. The van der Waals surface area contributed by atoms with Gasteiger partial charge in [0.05, 0.1) is 19.8 Å². The lowest BCUT2D eigenvalue weighted by Gasteiger charge is -2.28. The Morgan fingerprint density at radius 3 is 1.17 bits per heavy atom. The average Bonchev–Trinajstić information content (AvgIpc) is 2.33. The molecule has 8 heteroatoms. The fraction of sp³-hybridized carbons (Fsp3) is 1.00. The predicted octanol–water partition coefficient (Wildman–Crippen LogP) is 0.784. The summed E-state index contributed by atoms with van der Waals surface area (Å²) in [6.07, 6.45) is 0. The third-order valence-corrected chi connectivity index (χ3v) is 6.07. The van der Waals surface area contributed by atoms with Gasteiger partial charge < -0.3 is 25.5 Å². The van der Waals surface area contributed by atoms with E-state index in [4.69, 9.17) is 25.5 Å². The highest BCUT2D eigenvalue weighted by molar-refractivity contribution is 9.10. The molecule has 0 amide bonds. The minimum absolute atomic E-state index is 0.203. The minimum atomic E-state index is -0.750. The first-order valence-corrected chi connectivity index (χ1v) is 8.11. The van der Waals surface area contributed by atoms with Gasteiger partial charge in [0.2, 0.25) is 0 Å². The molecule has 0 saturated carbocycles. The van der Waals surface area contributed by atoms with E-state index in [0.29, 0.717) is 5.33 Å². The van der Waals surface area contributed by atoms with E-state index in [1.165, 1.54) is 0 Å². The number of aliphatic hydroxyl groups is 5. The van der Waals surface area contributed by atoms with Gasteiger partial charge in [-0.2, -0.15) is 0 Å². The fourth-order valence-electron chi connectivity index (χ4n) is 0.390. The lowest BCUT2D eigenvalue weighted by Crippen LogP contribution is -2.35. The highest BCUT2D eigenvalue weighted by atomic mass is 79.9. The molecule has 0 aliphatic heterocycles. The van der Waals surface area contributed by atoms with Gasteiger partial charge in [0, 0.05) is 16.2 Å². The second-order valence-corrected chi connectivity index (χ2v) is 6.90. The summed E-state index contributed by atoms with van der Waals surface area (Å²) in [6.45, 7) is 2.87. The van der Waals surface area contributed by atoms with Crippen molar-refractivity contribution < 1.29 is 25.5 Å². The van der Waals surface area contributed by atoms with Gasteiger partial charge in [-0.15, -0.1) is 0 Å². The maximum Gasteiger partial charge on any atom is 0.117 e. The van der Waals surface area contributed by atoms with Gasteiger partial charge in [-0.1, -0.05) is 61.6 Å². The Kier molecular flexibility index (Phi) is 12.0. The normalized spacial score (nSPS) is 15.7. The molecular weight excluding hydrogens is 440 g/mol. The molecule has 0 aromatic rings. The van der Waals surface area contributed by atoms with Crippen LogP contribution >= 0.6 is 47.8 Å². The molecule has 5 nitrogen and oxygen atoms in total. The first kappa shape index (κ1) is 21.5. The number of halogens is 3. The van der Waals surface area contributed by atoms with Gasteiger partial charge in [-0.05, 0) is 0 Å². The van der Waals surface area contributed by atoms with Crippen LogP contribution in [0.4, 0.5) is 0 Å². The fourth-order valence-corrected chi connectivity index (χ4v) is 1.78. The zero-order chi connectivity index (χ0) is 15.0. The third kappa shape index (κ3) is 7.14. The molecule has 2 atom stereocenters. The van der Waals surface area contributed by atoms with Gasteiger partial charge in [0.15, 0.2) is 0 Å². The van der Waals surface area contributed by atoms with Crippen molar-refractivity contribution in [3.63, 3.8) is 0 Å². The van der Waals surface area contributed by atoms with E-state index in [9.17, 15) is 0 Å². The van der Waals surface area contributed by atoms with Crippen LogP contribution in [0.5, 0.6) is 0 Å². The molecule has 0 aliphatic rings. The molecule has 0 aromatic heterocycles. The Bertz CT molecular complexity index is 180. The second-order valence-electron chi connectivity index (χ2n) is 4.60. The van der Waals surface area contributed by atoms with Gasteiger partial charge in [0.25, 0.3) is 0 Å². The third-order valence-electron chi connectivity index (χ3n) is 2.52.